The molecule has 152 valence electrons. The summed E-state index contributed by atoms with van der Waals surface area (Å²) >= 11 is 6.26. The van der Waals surface area contributed by atoms with Crippen molar-refractivity contribution in [2.45, 2.75) is 26.3 Å². The van der Waals surface area contributed by atoms with Crippen molar-refractivity contribution in [3.05, 3.63) is 76.4 Å². The molecule has 0 spiro atoms. The van der Waals surface area contributed by atoms with Crippen molar-refractivity contribution in [3.8, 4) is 5.75 Å². The number of unbranched alkanes of at least 4 members (excludes halogenated alkanes) is 1. The Bertz CT molecular complexity index is 987. The molecule has 1 N–H and O–H groups in total. The second-order valence-corrected chi connectivity index (χ2v) is 6.81. The molecule has 0 aliphatic rings. The summed E-state index contributed by atoms with van der Waals surface area (Å²) in [5.74, 6) is -1.89. The zero-order valence-electron chi connectivity index (χ0n) is 15.8. The van der Waals surface area contributed by atoms with Gasteiger partial charge in [0.15, 0.2) is 5.82 Å². The van der Waals surface area contributed by atoms with Gasteiger partial charge in [-0.25, -0.2) is 8.78 Å². The average molecular weight is 420 g/mol. The van der Waals surface area contributed by atoms with Crippen LogP contribution in [0.15, 0.2) is 48.7 Å². The van der Waals surface area contributed by atoms with Gasteiger partial charge in [-0.2, -0.15) is 5.10 Å². The number of nitrogens with zero attached hydrogens (tertiary/aromatic N) is 2. The zero-order valence-corrected chi connectivity index (χ0v) is 16.5. The van der Waals surface area contributed by atoms with Gasteiger partial charge in [0.1, 0.15) is 22.9 Å². The Morgan fingerprint density at radius 2 is 1.97 bits per heavy atom. The summed E-state index contributed by atoms with van der Waals surface area (Å²) in [5.41, 5.74) is 0.142. The van der Waals surface area contributed by atoms with E-state index in [2.05, 4.69) is 17.3 Å². The van der Waals surface area contributed by atoms with Crippen molar-refractivity contribution in [3.63, 3.8) is 0 Å². The third kappa shape index (κ3) is 5.32. The molecule has 1 heterocycles. The highest BCUT2D eigenvalue weighted by Crippen LogP contribution is 2.23. The summed E-state index contributed by atoms with van der Waals surface area (Å²) < 4.78 is 34.7. The first kappa shape index (κ1) is 20.8. The Kier molecular flexibility index (Phi) is 6.82. The molecule has 1 aromatic heterocycles. The van der Waals surface area contributed by atoms with Gasteiger partial charge in [0, 0.05) is 17.3 Å². The standard InChI is InChI=1S/C21H20ClF2N3O2/c1-2-3-11-29-15-7-8-16(22)14(12-15)13-27-10-9-19(26-27)25-21(28)20-17(23)5-4-6-18(20)24/h4-10,12H,2-3,11,13H2,1H3,(H,25,26,28). The van der Waals surface area contributed by atoms with Gasteiger partial charge in [-0.15, -0.1) is 0 Å². The van der Waals surface area contributed by atoms with Crippen LogP contribution in [0.1, 0.15) is 35.7 Å². The molecule has 2 aromatic carbocycles. The monoisotopic (exact) mass is 419 g/mol. The highest BCUT2D eigenvalue weighted by molar-refractivity contribution is 6.31. The molecule has 0 fully saturated rings. The zero-order chi connectivity index (χ0) is 20.8. The maximum absolute atomic E-state index is 13.7. The Labute approximate surface area is 172 Å². The lowest BCUT2D eigenvalue weighted by molar-refractivity contribution is 0.101. The second kappa shape index (κ2) is 9.52. The fourth-order valence-corrected chi connectivity index (χ4v) is 2.86. The summed E-state index contributed by atoms with van der Waals surface area (Å²) in [6.07, 6.45) is 3.63. The molecule has 0 unspecified atom stereocenters. The van der Waals surface area contributed by atoms with E-state index < -0.39 is 23.1 Å². The molecule has 0 aliphatic carbocycles. The van der Waals surface area contributed by atoms with Crippen LogP contribution in [0.4, 0.5) is 14.6 Å². The molecule has 0 aliphatic heterocycles. The summed E-state index contributed by atoms with van der Waals surface area (Å²) in [6, 6.07) is 10.2. The van der Waals surface area contributed by atoms with E-state index in [0.717, 1.165) is 30.5 Å². The highest BCUT2D eigenvalue weighted by atomic mass is 35.5. The van der Waals surface area contributed by atoms with Gasteiger partial charge >= 0.3 is 0 Å². The first-order chi connectivity index (χ1) is 14.0. The largest absolute Gasteiger partial charge is 0.494 e. The number of carbonyl (C=O) groups is 1. The van der Waals surface area contributed by atoms with Gasteiger partial charge < -0.3 is 10.1 Å². The van der Waals surface area contributed by atoms with Crippen LogP contribution in [0.5, 0.6) is 5.75 Å². The van der Waals surface area contributed by atoms with Crippen molar-refractivity contribution in [1.29, 1.82) is 0 Å². The SMILES string of the molecule is CCCCOc1ccc(Cl)c(Cn2ccc(NC(=O)c3c(F)cccc3F)n2)c1. The minimum atomic E-state index is -0.936. The van der Waals surface area contributed by atoms with Gasteiger partial charge in [0.05, 0.1) is 13.2 Å². The number of amides is 1. The van der Waals surface area contributed by atoms with Crippen molar-refractivity contribution in [2.75, 3.05) is 11.9 Å². The predicted molar refractivity (Wildman–Crippen MR) is 107 cm³/mol. The molecular weight excluding hydrogens is 400 g/mol. The number of halogens is 3. The van der Waals surface area contributed by atoms with Gasteiger partial charge in [0.2, 0.25) is 0 Å². The maximum Gasteiger partial charge on any atom is 0.262 e. The van der Waals surface area contributed by atoms with E-state index in [1.54, 1.807) is 23.0 Å². The number of rotatable bonds is 8. The van der Waals surface area contributed by atoms with Crippen LogP contribution in [0.25, 0.3) is 0 Å². The van der Waals surface area contributed by atoms with Crippen molar-refractivity contribution >= 4 is 23.3 Å². The highest BCUT2D eigenvalue weighted by Gasteiger charge is 2.18. The topological polar surface area (TPSA) is 56.1 Å². The second-order valence-electron chi connectivity index (χ2n) is 6.40. The third-order valence-electron chi connectivity index (χ3n) is 4.19. The molecule has 8 heteroatoms. The van der Waals surface area contributed by atoms with Crippen LogP contribution in [-0.2, 0) is 6.54 Å². The first-order valence-corrected chi connectivity index (χ1v) is 9.55. The van der Waals surface area contributed by atoms with E-state index >= 15 is 0 Å². The number of nitrogens with one attached hydrogen (secondary N) is 1. The van der Waals surface area contributed by atoms with Crippen molar-refractivity contribution in [1.82, 2.24) is 9.78 Å². The Balaban J connectivity index is 1.69. The van der Waals surface area contributed by atoms with Crippen LogP contribution >= 0.6 is 11.6 Å². The number of aromatic nitrogens is 2. The number of carbonyl (C=O) groups excluding carboxylic acids is 1. The molecule has 0 saturated carbocycles. The van der Waals surface area contributed by atoms with E-state index in [4.69, 9.17) is 16.3 Å². The summed E-state index contributed by atoms with van der Waals surface area (Å²) in [6.45, 7) is 3.06. The van der Waals surface area contributed by atoms with Gasteiger partial charge in [-0.05, 0) is 42.3 Å². The van der Waals surface area contributed by atoms with E-state index in [1.165, 1.54) is 12.1 Å². The Hall–Kier alpha value is -2.93. The van der Waals surface area contributed by atoms with Crippen LogP contribution in [0, 0.1) is 11.6 Å². The molecule has 5 nitrogen and oxygen atoms in total. The van der Waals surface area contributed by atoms with Crippen LogP contribution in [0.2, 0.25) is 5.02 Å². The summed E-state index contributed by atoms with van der Waals surface area (Å²) in [7, 11) is 0. The van der Waals surface area contributed by atoms with Crippen LogP contribution in [0.3, 0.4) is 0 Å². The van der Waals surface area contributed by atoms with E-state index in [-0.39, 0.29) is 5.82 Å². The van der Waals surface area contributed by atoms with Crippen LogP contribution < -0.4 is 10.1 Å². The average Bonchev–Trinajstić information content (AvgIpc) is 3.11. The predicted octanol–water partition coefficient (Wildman–Crippen LogP) is 5.29. The van der Waals surface area contributed by atoms with Gasteiger partial charge in [-0.1, -0.05) is 31.0 Å². The number of anilines is 1. The molecule has 3 rings (SSSR count). The molecular formula is C21H20ClF2N3O2. The fourth-order valence-electron chi connectivity index (χ4n) is 2.68. The lowest BCUT2D eigenvalue weighted by atomic mass is 10.2. The minimum absolute atomic E-state index is 0.170. The first-order valence-electron chi connectivity index (χ1n) is 9.18. The molecule has 0 atom stereocenters. The van der Waals surface area contributed by atoms with E-state index in [0.29, 0.717) is 23.9 Å². The van der Waals surface area contributed by atoms with E-state index in [1.807, 2.05) is 6.07 Å². The molecule has 0 bridgehead atoms. The van der Waals surface area contributed by atoms with Gasteiger partial charge in [0.25, 0.3) is 5.91 Å². The number of hydrogen-bond donors (Lipinski definition) is 1. The summed E-state index contributed by atoms with van der Waals surface area (Å²) in [5, 5.41) is 7.17. The maximum atomic E-state index is 13.7. The quantitative estimate of drug-likeness (QED) is 0.504. The van der Waals surface area contributed by atoms with Gasteiger partial charge in [-0.3, -0.25) is 9.48 Å². The molecule has 29 heavy (non-hydrogen) atoms. The molecule has 3 aromatic rings. The third-order valence-corrected chi connectivity index (χ3v) is 4.56. The summed E-state index contributed by atoms with van der Waals surface area (Å²) in [4.78, 5) is 12.2. The molecule has 0 radical (unpaired) electrons. The lowest BCUT2D eigenvalue weighted by Gasteiger charge is -2.10. The Morgan fingerprint density at radius 1 is 1.21 bits per heavy atom. The van der Waals surface area contributed by atoms with Crippen molar-refractivity contribution < 1.29 is 18.3 Å². The van der Waals surface area contributed by atoms with Crippen molar-refractivity contribution in [2.24, 2.45) is 0 Å². The van der Waals surface area contributed by atoms with Crippen LogP contribution in [-0.4, -0.2) is 22.3 Å². The fraction of sp³-hybridized carbons (Fsp3) is 0.238. The Morgan fingerprint density at radius 3 is 2.69 bits per heavy atom. The minimum Gasteiger partial charge on any atom is -0.494 e. The number of ether oxygens (including phenoxy) is 1. The number of benzene rings is 2. The normalized spacial score (nSPS) is 10.8. The lowest BCUT2D eigenvalue weighted by Crippen LogP contribution is -2.16. The number of hydrogen-bond acceptors (Lipinski definition) is 3. The molecule has 1 amide bonds. The molecule has 0 saturated heterocycles. The van der Waals surface area contributed by atoms with E-state index in [9.17, 15) is 13.6 Å². The smallest absolute Gasteiger partial charge is 0.262 e.